The largest absolute Gasteiger partial charge is 0.369 e. The lowest BCUT2D eigenvalue weighted by Gasteiger charge is -2.43. The SMILES string of the molecule is CCS(=O)(=O)N(C)C1CCN(C2CCN(C(=O)c3ncnc(NCC4CCCC(c5ccccc5)CC4)c3C)CC2)CC1. The quantitative estimate of drug-likeness (QED) is 0.403. The fourth-order valence-electron chi connectivity index (χ4n) is 7.36. The van der Waals surface area contributed by atoms with E-state index in [1.807, 2.05) is 11.8 Å². The second-order valence-electron chi connectivity index (χ2n) is 12.8. The lowest BCUT2D eigenvalue weighted by atomic mass is 9.91. The Hall–Kier alpha value is -2.56. The van der Waals surface area contributed by atoms with Crippen LogP contribution in [0.1, 0.15) is 92.2 Å². The average Bonchev–Trinajstić information content (AvgIpc) is 3.30. The molecule has 3 aliphatic rings. The molecule has 236 valence electrons. The summed E-state index contributed by atoms with van der Waals surface area (Å²) < 4.78 is 26.1. The summed E-state index contributed by atoms with van der Waals surface area (Å²) in [6, 6.07) is 11.4. The number of sulfonamides is 1. The van der Waals surface area contributed by atoms with E-state index in [0.29, 0.717) is 36.7 Å². The van der Waals surface area contributed by atoms with Gasteiger partial charge in [0, 0.05) is 44.3 Å². The molecule has 2 aliphatic heterocycles. The van der Waals surface area contributed by atoms with E-state index in [1.165, 1.54) is 44.0 Å². The molecular weight excluding hydrogens is 560 g/mol. The zero-order valence-electron chi connectivity index (χ0n) is 26.2. The van der Waals surface area contributed by atoms with Gasteiger partial charge in [-0.15, -0.1) is 0 Å². The van der Waals surface area contributed by atoms with Gasteiger partial charge in [-0.2, -0.15) is 0 Å². The number of hydrogen-bond acceptors (Lipinski definition) is 7. The first kappa shape index (κ1) is 31.9. The van der Waals surface area contributed by atoms with Crippen LogP contribution in [0.3, 0.4) is 0 Å². The van der Waals surface area contributed by atoms with Crippen molar-refractivity contribution in [1.29, 1.82) is 0 Å². The molecule has 1 aromatic carbocycles. The summed E-state index contributed by atoms with van der Waals surface area (Å²) in [7, 11) is -1.44. The van der Waals surface area contributed by atoms with Crippen LogP contribution in [-0.4, -0.2) is 96.0 Å². The molecule has 1 aromatic heterocycles. The highest BCUT2D eigenvalue weighted by Gasteiger charge is 2.34. The molecule has 0 spiro atoms. The highest BCUT2D eigenvalue weighted by atomic mass is 32.2. The molecule has 0 radical (unpaired) electrons. The second-order valence-corrected chi connectivity index (χ2v) is 15.1. The number of benzene rings is 1. The molecule has 1 saturated carbocycles. The van der Waals surface area contributed by atoms with Crippen molar-refractivity contribution in [1.82, 2.24) is 24.1 Å². The van der Waals surface area contributed by atoms with Gasteiger partial charge < -0.3 is 15.1 Å². The number of carbonyl (C=O) groups excluding carboxylic acids is 1. The van der Waals surface area contributed by atoms with Crippen molar-refractivity contribution in [3.63, 3.8) is 0 Å². The molecule has 0 bridgehead atoms. The Bertz CT molecular complexity index is 1310. The van der Waals surface area contributed by atoms with Crippen molar-refractivity contribution >= 4 is 21.7 Å². The van der Waals surface area contributed by atoms with Crippen molar-refractivity contribution in [3.05, 3.63) is 53.5 Å². The van der Waals surface area contributed by atoms with Crippen LogP contribution in [0, 0.1) is 12.8 Å². The first-order valence-corrected chi connectivity index (χ1v) is 18.0. The summed E-state index contributed by atoms with van der Waals surface area (Å²) in [5.74, 6) is 2.17. The third kappa shape index (κ3) is 7.75. The molecule has 5 rings (SSSR count). The van der Waals surface area contributed by atoms with E-state index in [0.717, 1.165) is 56.7 Å². The molecule has 1 aliphatic carbocycles. The standard InChI is InChI=1S/C33H50N6O3S/c1-4-43(41,42)37(3)29-15-19-38(20-16-29)30-17-21-39(22-18-30)33(40)31-25(2)32(36-24-35-31)34-23-26-9-8-12-28(14-13-26)27-10-6-5-7-11-27/h5-7,10-11,24,26,28-30H,4,8-9,12-23H2,1-3H3,(H,34,35,36). The van der Waals surface area contributed by atoms with Crippen LogP contribution in [0.25, 0.3) is 0 Å². The molecule has 2 aromatic rings. The highest BCUT2D eigenvalue weighted by molar-refractivity contribution is 7.89. The van der Waals surface area contributed by atoms with Crippen LogP contribution in [0.5, 0.6) is 0 Å². The van der Waals surface area contributed by atoms with E-state index in [4.69, 9.17) is 0 Å². The summed E-state index contributed by atoms with van der Waals surface area (Å²) >= 11 is 0. The van der Waals surface area contributed by atoms with Crippen LogP contribution >= 0.6 is 0 Å². The number of nitrogens with zero attached hydrogens (tertiary/aromatic N) is 5. The average molecular weight is 611 g/mol. The smallest absolute Gasteiger partial charge is 0.272 e. The maximum absolute atomic E-state index is 13.6. The van der Waals surface area contributed by atoms with E-state index < -0.39 is 10.0 Å². The Morgan fingerprint density at radius 1 is 0.953 bits per heavy atom. The number of piperidine rings is 2. The number of hydrogen-bond donors (Lipinski definition) is 1. The van der Waals surface area contributed by atoms with Crippen LogP contribution in [0.15, 0.2) is 36.7 Å². The summed E-state index contributed by atoms with van der Waals surface area (Å²) in [6.45, 7) is 7.77. The van der Waals surface area contributed by atoms with Gasteiger partial charge in [-0.25, -0.2) is 22.7 Å². The summed E-state index contributed by atoms with van der Waals surface area (Å²) in [4.78, 5) is 26.9. The fraction of sp³-hybridized carbons (Fsp3) is 0.667. The number of nitrogens with one attached hydrogen (secondary N) is 1. The lowest BCUT2D eigenvalue weighted by molar-refractivity contribution is 0.0542. The van der Waals surface area contributed by atoms with Gasteiger partial charge in [0.2, 0.25) is 10.0 Å². The zero-order valence-corrected chi connectivity index (χ0v) is 27.1. The number of aromatic nitrogens is 2. The van der Waals surface area contributed by atoms with Gasteiger partial charge in [-0.05, 0) is 95.7 Å². The Labute approximate surface area is 258 Å². The van der Waals surface area contributed by atoms with Gasteiger partial charge in [0.25, 0.3) is 5.91 Å². The molecule has 2 saturated heterocycles. The van der Waals surface area contributed by atoms with Crippen LogP contribution < -0.4 is 5.32 Å². The Morgan fingerprint density at radius 3 is 2.37 bits per heavy atom. The van der Waals surface area contributed by atoms with Crippen LogP contribution in [0.2, 0.25) is 0 Å². The van der Waals surface area contributed by atoms with Crippen molar-refractivity contribution < 1.29 is 13.2 Å². The summed E-state index contributed by atoms with van der Waals surface area (Å²) in [5, 5.41) is 3.57. The molecule has 43 heavy (non-hydrogen) atoms. The fourth-order valence-corrected chi connectivity index (χ4v) is 8.43. The second kappa shape index (κ2) is 14.5. The molecule has 3 heterocycles. The lowest BCUT2D eigenvalue weighted by Crippen LogP contribution is -2.52. The maximum atomic E-state index is 13.6. The number of anilines is 1. The number of carbonyl (C=O) groups is 1. The van der Waals surface area contributed by atoms with Crippen LogP contribution in [-0.2, 0) is 10.0 Å². The molecule has 3 fully saturated rings. The Balaban J connectivity index is 1.09. The summed E-state index contributed by atoms with van der Waals surface area (Å²) in [5.41, 5.74) is 2.80. The predicted molar refractivity (Wildman–Crippen MR) is 172 cm³/mol. The monoisotopic (exact) mass is 610 g/mol. The number of likely N-dealkylation sites (tertiary alicyclic amines) is 2. The van der Waals surface area contributed by atoms with E-state index in [-0.39, 0.29) is 17.7 Å². The minimum absolute atomic E-state index is 0.00771. The topological polar surface area (TPSA) is 98.7 Å². The molecule has 2 atom stereocenters. The van der Waals surface area contributed by atoms with Gasteiger partial charge in [0.15, 0.2) is 0 Å². The maximum Gasteiger partial charge on any atom is 0.272 e. The van der Waals surface area contributed by atoms with Gasteiger partial charge in [-0.3, -0.25) is 4.79 Å². The number of rotatable bonds is 9. The Kier molecular flexibility index (Phi) is 10.7. The van der Waals surface area contributed by atoms with Crippen LogP contribution in [0.4, 0.5) is 5.82 Å². The highest BCUT2D eigenvalue weighted by Crippen LogP contribution is 2.34. The molecule has 1 amide bonds. The van der Waals surface area contributed by atoms with Crippen molar-refractivity contribution in [2.45, 2.75) is 89.6 Å². The van der Waals surface area contributed by atoms with E-state index in [2.05, 4.69) is 50.5 Å². The first-order valence-electron chi connectivity index (χ1n) is 16.4. The predicted octanol–water partition coefficient (Wildman–Crippen LogP) is 4.91. The summed E-state index contributed by atoms with van der Waals surface area (Å²) in [6.07, 6.45) is 11.2. The molecule has 2 unspecified atom stereocenters. The third-order valence-corrected chi connectivity index (χ3v) is 12.2. The third-order valence-electron chi connectivity index (χ3n) is 10.3. The van der Waals surface area contributed by atoms with Gasteiger partial charge in [0.1, 0.15) is 17.8 Å². The van der Waals surface area contributed by atoms with E-state index in [1.54, 1.807) is 18.3 Å². The van der Waals surface area contributed by atoms with Gasteiger partial charge >= 0.3 is 0 Å². The zero-order chi connectivity index (χ0) is 30.4. The van der Waals surface area contributed by atoms with Crippen molar-refractivity contribution in [2.24, 2.45) is 5.92 Å². The van der Waals surface area contributed by atoms with E-state index >= 15 is 0 Å². The minimum atomic E-state index is -3.16. The minimum Gasteiger partial charge on any atom is -0.369 e. The van der Waals surface area contributed by atoms with E-state index in [9.17, 15) is 13.2 Å². The van der Waals surface area contributed by atoms with Gasteiger partial charge in [-0.1, -0.05) is 36.8 Å². The van der Waals surface area contributed by atoms with Crippen molar-refractivity contribution in [3.8, 4) is 0 Å². The molecule has 9 nitrogen and oxygen atoms in total. The first-order chi connectivity index (χ1) is 20.8. The van der Waals surface area contributed by atoms with Crippen molar-refractivity contribution in [2.75, 3.05) is 50.8 Å². The Morgan fingerprint density at radius 2 is 1.67 bits per heavy atom. The normalized spacial score (nSPS) is 23.3. The molecular formula is C33H50N6O3S. The molecule has 1 N–H and O–H groups in total. The van der Waals surface area contributed by atoms with Gasteiger partial charge in [0.05, 0.1) is 5.75 Å². The molecule has 10 heteroatoms. The number of amides is 1.